The molecule has 21 rings (SSSR count). The van der Waals surface area contributed by atoms with Gasteiger partial charge in [0.25, 0.3) is 0 Å². The van der Waals surface area contributed by atoms with E-state index in [4.69, 9.17) is 71.9 Å². The number of urea groups is 1. The maximum absolute atomic E-state index is 12.6. The molecule has 4 atom stereocenters. The van der Waals surface area contributed by atoms with Crippen molar-refractivity contribution in [1.82, 2.24) is 94.8 Å². The number of nitrogens with two attached hydrogens (primary N) is 2. The zero-order valence-electron chi connectivity index (χ0n) is 84.4. The van der Waals surface area contributed by atoms with Gasteiger partial charge in [0, 0.05) is 198 Å². The number of aromatic nitrogens is 14. The molecule has 4 unspecified atom stereocenters. The number of hydrogen-bond acceptors (Lipinski definition) is 26. The number of nitrogens with zero attached hydrogens (tertiary/aromatic N) is 19. The van der Waals surface area contributed by atoms with Crippen molar-refractivity contribution in [2.75, 3.05) is 164 Å². The van der Waals surface area contributed by atoms with E-state index < -0.39 is 6.09 Å². The smallest absolute Gasteiger partial charge is 0.407 e. The van der Waals surface area contributed by atoms with Crippen LogP contribution < -0.4 is 52.3 Å². The van der Waals surface area contributed by atoms with E-state index >= 15 is 0 Å². The molecule has 1 saturated carbocycles. The first-order chi connectivity index (χ1) is 71.2. The van der Waals surface area contributed by atoms with E-state index in [0.29, 0.717) is 104 Å². The van der Waals surface area contributed by atoms with Gasteiger partial charge in [-0.1, -0.05) is 88.8 Å². The molecule has 0 bridgehead atoms. The van der Waals surface area contributed by atoms with Crippen LogP contribution in [0.4, 0.5) is 32.9 Å². The van der Waals surface area contributed by atoms with Crippen LogP contribution in [-0.2, 0) is 38.0 Å². The van der Waals surface area contributed by atoms with Gasteiger partial charge in [-0.2, -0.15) is 0 Å². The van der Waals surface area contributed by atoms with E-state index in [1.807, 2.05) is 136 Å². The van der Waals surface area contributed by atoms with Gasteiger partial charge in [-0.05, 0) is 202 Å². The number of ketones is 1. The standard InChI is InChI=1S/C26H30ClN3O2.C22H26N6O2.C22H27N5O3.C20H26N6O.C20H25N5O2/c1-19(31)5-3-2-4-6-26(32)29-15-12-20(13-16-29)24-18-30(22-9-7-21(27)8-10-22)25-17-28-14-11-23(24)25;1-15-2-6-17(7-3-15)28-20-13-23-9-8-19(20)21(26-28)27-10-11-30-18(14-27)12-24-22(29)25-16-4-5-16;1-15(2)30-22(28)24-12-18-14-26(10-11-29-18)21-19-8-9-23-13-20(19)27(25-21)17-6-4-16(3)5-7-17;1-15-2-4-16(5-3-15)26-19-13-22-8-6-18(19)20(24-26)25-10-11-27-17(14-25)12-23-9-7-21;1-15-2-4-16(5-3-15)25-19-12-22-8-6-18(19)20(23-25)24-9-11-27-17(13-24)14-26-10-7-21/h7-11,14,17-18,20H,2-6,12-13,15-16H2,1H3;2-3,6-9,13,16,18H,4-5,10-12,14H2,1H3,(H2,24,25,29);4-9,13,15,18H,10-12,14H2,1-3H3,(H,24,28);2-6,8,13,17,23H,7,9-12,14,21H2,1H3;2-6,8,12,17H,7,9-11,13-14,21H2,1H3. The molecule has 0 spiro atoms. The van der Waals surface area contributed by atoms with Gasteiger partial charge in [0.2, 0.25) is 5.91 Å². The molecule has 6 aliphatic rings. The number of aryl methyl sites for hydroxylation is 4. The minimum Gasteiger partial charge on any atom is -0.447 e. The molecule has 8 N–H and O–H groups in total. The van der Waals surface area contributed by atoms with Crippen molar-refractivity contribution >= 4 is 113 Å². The molecular formula is C110H134ClN25O10. The Morgan fingerprint density at radius 2 is 0.822 bits per heavy atom. The normalized spacial score (nSPS) is 17.1. The number of likely N-dealkylation sites (tertiary alicyclic amines) is 1. The van der Waals surface area contributed by atoms with Crippen LogP contribution in [0.3, 0.4) is 0 Å². The van der Waals surface area contributed by atoms with Crippen molar-refractivity contribution in [2.45, 2.75) is 149 Å². The SMILES string of the molecule is CC(=O)CCCCCC(=O)N1CCC(c2cn(-c3ccc(Cl)cc3)c3cnccc23)CC1.Cc1ccc(-n2nc(N3CCOC(CNC(=O)NC4CC4)C3)c3ccncc32)cc1.Cc1ccc(-n2nc(N3CCOC(CNC(=O)OC(C)C)C3)c3ccncc32)cc1.Cc1ccc(-n2nc(N3CCOC(CNCCN)C3)c3ccncc32)cc1.Cc1ccc(-n2nc(N3CCOC(COCCN)C3)c3ccncc32)cc1. The topological polar surface area (TPSA) is 381 Å². The Kier molecular flexibility index (Phi) is 35.7. The number of amides is 4. The lowest BCUT2D eigenvalue weighted by Crippen LogP contribution is -2.49. The van der Waals surface area contributed by atoms with Crippen molar-refractivity contribution in [3.63, 3.8) is 0 Å². The fraction of sp³-hybridized carbons (Fsp3) is 0.409. The van der Waals surface area contributed by atoms with Gasteiger partial charge in [0.05, 0.1) is 151 Å². The molecule has 5 aromatic carbocycles. The predicted octanol–water partition coefficient (Wildman–Crippen LogP) is 14.8. The van der Waals surface area contributed by atoms with Crippen LogP contribution in [0.25, 0.3) is 83.0 Å². The number of anilines is 4. The third-order valence-electron chi connectivity index (χ3n) is 26.7. The number of fused-ring (bicyclic) bond motifs is 5. The number of pyridine rings is 5. The van der Waals surface area contributed by atoms with Gasteiger partial charge >= 0.3 is 12.1 Å². The number of ether oxygens (including phenoxy) is 6. The van der Waals surface area contributed by atoms with Gasteiger partial charge in [0.1, 0.15) is 5.78 Å². The van der Waals surface area contributed by atoms with Crippen molar-refractivity contribution < 1.29 is 47.6 Å². The number of carbonyl (C=O) groups excluding carboxylic acids is 4. The van der Waals surface area contributed by atoms with Gasteiger partial charge < -0.3 is 95.0 Å². The lowest BCUT2D eigenvalue weighted by molar-refractivity contribution is -0.132. The Hall–Kier alpha value is -13.9. The zero-order chi connectivity index (χ0) is 101. The van der Waals surface area contributed by atoms with Crippen LogP contribution in [0.1, 0.15) is 112 Å². The van der Waals surface area contributed by atoms with Crippen LogP contribution >= 0.6 is 11.6 Å². The first kappa shape index (κ1) is 104. The van der Waals surface area contributed by atoms with E-state index in [2.05, 4.69) is 207 Å². The number of piperidine rings is 1. The minimum absolute atomic E-state index is 0.0201. The molecular weight excluding hydrogens is 1870 g/mol. The second-order valence-corrected chi connectivity index (χ2v) is 38.6. The summed E-state index contributed by atoms with van der Waals surface area (Å²) in [5.74, 6) is 4.66. The molecule has 15 heterocycles. The van der Waals surface area contributed by atoms with Crippen LogP contribution in [0, 0.1) is 27.7 Å². The second-order valence-electron chi connectivity index (χ2n) is 38.2. The van der Waals surface area contributed by atoms with E-state index in [-0.39, 0.29) is 48.2 Å². The van der Waals surface area contributed by atoms with E-state index in [0.717, 1.165) is 216 Å². The van der Waals surface area contributed by atoms with Gasteiger partial charge in [-0.3, -0.25) is 29.7 Å². The van der Waals surface area contributed by atoms with Gasteiger partial charge in [-0.15, -0.1) is 20.4 Å². The molecule has 1 aliphatic carbocycles. The molecule has 0 radical (unpaired) electrons. The fourth-order valence-corrected chi connectivity index (χ4v) is 18.9. The predicted molar refractivity (Wildman–Crippen MR) is 572 cm³/mol. The number of morpholine rings is 4. The maximum Gasteiger partial charge on any atom is 0.407 e. The third-order valence-corrected chi connectivity index (χ3v) is 26.9. The van der Waals surface area contributed by atoms with Crippen LogP contribution in [0.15, 0.2) is 220 Å². The van der Waals surface area contributed by atoms with Crippen LogP contribution in [0.5, 0.6) is 0 Å². The summed E-state index contributed by atoms with van der Waals surface area (Å²) >= 11 is 6.08. The monoisotopic (exact) mass is 2000 g/mol. The quantitative estimate of drug-likeness (QED) is 0.0228. The largest absolute Gasteiger partial charge is 0.447 e. The Morgan fingerprint density at radius 1 is 0.438 bits per heavy atom. The lowest BCUT2D eigenvalue weighted by Gasteiger charge is -2.33. The van der Waals surface area contributed by atoms with Crippen molar-refractivity contribution in [2.24, 2.45) is 11.5 Å². The van der Waals surface area contributed by atoms with Crippen molar-refractivity contribution in [3.05, 3.63) is 253 Å². The number of alkyl carbamates (subject to hydrolysis) is 1. The number of rotatable bonds is 30. The molecule has 766 valence electrons. The Labute approximate surface area is 855 Å². The average molecular weight is 2000 g/mol. The average Bonchev–Trinajstić information content (AvgIpc) is 1.64. The summed E-state index contributed by atoms with van der Waals surface area (Å²) in [6, 6.07) is 51.6. The summed E-state index contributed by atoms with van der Waals surface area (Å²) in [5.41, 5.74) is 27.4. The second kappa shape index (κ2) is 50.3. The summed E-state index contributed by atoms with van der Waals surface area (Å²) in [4.78, 5) is 80.0. The van der Waals surface area contributed by atoms with Gasteiger partial charge in [0.15, 0.2) is 23.3 Å². The maximum atomic E-state index is 12.6. The number of unbranched alkanes of at least 4 members (excludes halogenated alkanes) is 2. The Bertz CT molecular complexity index is 6500. The highest BCUT2D eigenvalue weighted by atomic mass is 35.5. The first-order valence-electron chi connectivity index (χ1n) is 50.9. The number of hydrogen-bond donors (Lipinski definition) is 6. The van der Waals surface area contributed by atoms with E-state index in [1.165, 1.54) is 33.2 Å². The number of nitrogens with one attached hydrogen (secondary N) is 4. The number of halogens is 1. The number of carbonyl (C=O) groups is 4. The molecule has 5 aliphatic heterocycles. The molecule has 35 nitrogen and oxygen atoms in total. The molecule has 6 fully saturated rings. The molecule has 36 heteroatoms. The van der Waals surface area contributed by atoms with Gasteiger partial charge in [-0.25, -0.2) is 28.3 Å². The van der Waals surface area contributed by atoms with Crippen LogP contribution in [-0.4, -0.2) is 278 Å². The molecule has 15 aromatic rings. The number of Topliss-reactive ketones (excluding diaryl/α,β-unsaturated/α-hetero) is 1. The molecule has 4 amide bonds. The zero-order valence-corrected chi connectivity index (χ0v) is 85.1. The third kappa shape index (κ3) is 26.9. The van der Waals surface area contributed by atoms with E-state index in [9.17, 15) is 19.2 Å². The van der Waals surface area contributed by atoms with Crippen molar-refractivity contribution in [1.29, 1.82) is 0 Å². The Morgan fingerprint density at radius 3 is 1.23 bits per heavy atom. The van der Waals surface area contributed by atoms with Crippen LogP contribution in [0.2, 0.25) is 5.02 Å². The highest BCUT2D eigenvalue weighted by Crippen LogP contribution is 2.39. The fourth-order valence-electron chi connectivity index (χ4n) is 18.8. The molecule has 10 aromatic heterocycles. The Balaban J connectivity index is 0.000000125. The summed E-state index contributed by atoms with van der Waals surface area (Å²) in [7, 11) is 0. The lowest BCUT2D eigenvalue weighted by atomic mass is 9.89. The summed E-state index contributed by atoms with van der Waals surface area (Å²) in [6.45, 7) is 28.4. The van der Waals surface area contributed by atoms with E-state index in [1.54, 1.807) is 19.3 Å². The summed E-state index contributed by atoms with van der Waals surface area (Å²) in [6.07, 6.45) is 28.0. The molecule has 5 saturated heterocycles. The highest BCUT2D eigenvalue weighted by molar-refractivity contribution is 6.30. The minimum atomic E-state index is -0.425. The van der Waals surface area contributed by atoms with Crippen molar-refractivity contribution in [3.8, 4) is 28.4 Å². The first-order valence-corrected chi connectivity index (χ1v) is 51.3. The summed E-state index contributed by atoms with van der Waals surface area (Å²) < 4.78 is 44.2. The number of benzene rings is 5. The summed E-state index contributed by atoms with van der Waals surface area (Å²) in [5, 5.41) is 38.0. The highest BCUT2D eigenvalue weighted by Gasteiger charge is 2.34. The molecule has 146 heavy (non-hydrogen) atoms.